The molecule has 0 radical (unpaired) electrons. The van der Waals surface area contributed by atoms with Gasteiger partial charge >= 0.3 is 0 Å². The van der Waals surface area contributed by atoms with E-state index in [2.05, 4.69) is 150 Å². The summed E-state index contributed by atoms with van der Waals surface area (Å²) in [6.07, 6.45) is 0. The molecule has 0 aliphatic heterocycles. The largest absolute Gasteiger partial charge is 0.455 e. The highest BCUT2D eigenvalue weighted by Crippen LogP contribution is 2.44. The smallest absolute Gasteiger partial charge is 0.164 e. The number of hydrogen-bond donors (Lipinski definition) is 0. The molecule has 2 aromatic heterocycles. The summed E-state index contributed by atoms with van der Waals surface area (Å²) < 4.78 is 6.70. The van der Waals surface area contributed by atoms with E-state index < -0.39 is 0 Å². The van der Waals surface area contributed by atoms with Gasteiger partial charge in [-0.1, -0.05) is 170 Å². The van der Waals surface area contributed by atoms with Gasteiger partial charge in [-0.3, -0.25) is 0 Å². The Bertz CT molecular complexity index is 3220. The number of hydrogen-bond acceptors (Lipinski definition) is 5. The summed E-state index contributed by atoms with van der Waals surface area (Å²) >= 11 is 0. The molecule has 5 heteroatoms. The van der Waals surface area contributed by atoms with Crippen LogP contribution in [0.15, 0.2) is 223 Å². The predicted molar refractivity (Wildman–Crippen MR) is 246 cm³/mol. The summed E-state index contributed by atoms with van der Waals surface area (Å²) in [4.78, 5) is 17.2. The van der Waals surface area contributed by atoms with Gasteiger partial charge in [0.2, 0.25) is 0 Å². The first-order valence-electron chi connectivity index (χ1n) is 20.1. The number of fused-ring (bicyclic) bond motifs is 5. The lowest BCUT2D eigenvalue weighted by atomic mass is 9.94. The quantitative estimate of drug-likeness (QED) is 0.154. The molecule has 5 nitrogen and oxygen atoms in total. The molecule has 282 valence electrons. The molecule has 0 aliphatic rings. The number of furan rings is 1. The minimum atomic E-state index is 0.623. The van der Waals surface area contributed by atoms with E-state index >= 15 is 0 Å². The molecule has 0 unspecified atom stereocenters. The van der Waals surface area contributed by atoms with E-state index in [1.54, 1.807) is 0 Å². The van der Waals surface area contributed by atoms with E-state index in [0.29, 0.717) is 17.5 Å². The van der Waals surface area contributed by atoms with Crippen molar-refractivity contribution in [1.29, 1.82) is 0 Å². The number of aromatic nitrogens is 3. The van der Waals surface area contributed by atoms with Gasteiger partial charge < -0.3 is 9.32 Å². The van der Waals surface area contributed by atoms with Gasteiger partial charge in [0, 0.05) is 49.9 Å². The monoisotopic (exact) mass is 768 g/mol. The highest BCUT2D eigenvalue weighted by Gasteiger charge is 2.20. The second-order valence-corrected chi connectivity index (χ2v) is 14.8. The van der Waals surface area contributed by atoms with E-state index in [1.807, 2.05) is 72.8 Å². The normalized spacial score (nSPS) is 11.3. The Balaban J connectivity index is 1.05. The average molecular weight is 769 g/mol. The lowest BCUT2D eigenvalue weighted by molar-refractivity contribution is 0.672. The van der Waals surface area contributed by atoms with Crippen molar-refractivity contribution in [3.05, 3.63) is 218 Å². The fourth-order valence-corrected chi connectivity index (χ4v) is 8.16. The highest BCUT2D eigenvalue weighted by atomic mass is 16.3. The summed E-state index contributed by atoms with van der Waals surface area (Å²) in [7, 11) is 0. The van der Waals surface area contributed by atoms with Gasteiger partial charge in [0.15, 0.2) is 17.5 Å². The zero-order valence-electron chi connectivity index (χ0n) is 32.5. The van der Waals surface area contributed by atoms with Crippen molar-refractivity contribution in [2.75, 3.05) is 4.90 Å². The van der Waals surface area contributed by atoms with Crippen LogP contribution in [0.3, 0.4) is 0 Å². The van der Waals surface area contributed by atoms with Crippen molar-refractivity contribution in [3.63, 3.8) is 0 Å². The van der Waals surface area contributed by atoms with Crippen LogP contribution in [0.1, 0.15) is 0 Å². The minimum Gasteiger partial charge on any atom is -0.455 e. The molecule has 0 amide bonds. The zero-order chi connectivity index (χ0) is 39.8. The zero-order valence-corrected chi connectivity index (χ0v) is 32.5. The van der Waals surface area contributed by atoms with Gasteiger partial charge in [-0.05, 0) is 76.2 Å². The van der Waals surface area contributed by atoms with Gasteiger partial charge in [-0.2, -0.15) is 0 Å². The van der Waals surface area contributed by atoms with Crippen LogP contribution >= 0.6 is 0 Å². The van der Waals surface area contributed by atoms with Gasteiger partial charge in [0.25, 0.3) is 0 Å². The van der Waals surface area contributed by atoms with Gasteiger partial charge in [0.1, 0.15) is 11.2 Å². The fraction of sp³-hybridized carbons (Fsp3) is 0. The third-order valence-electron chi connectivity index (χ3n) is 11.1. The minimum absolute atomic E-state index is 0.623. The lowest BCUT2D eigenvalue weighted by Crippen LogP contribution is -2.09. The van der Waals surface area contributed by atoms with E-state index in [-0.39, 0.29) is 0 Å². The van der Waals surface area contributed by atoms with E-state index in [4.69, 9.17) is 19.4 Å². The Morgan fingerprint density at radius 1 is 0.300 bits per heavy atom. The Labute approximate surface area is 347 Å². The molecule has 0 spiro atoms. The molecule has 60 heavy (non-hydrogen) atoms. The predicted octanol–water partition coefficient (Wildman–Crippen LogP) is 14.7. The average Bonchev–Trinajstić information content (AvgIpc) is 3.72. The standard InChI is InChI=1S/C55H36N4O/c1-5-15-37(16-6-1)38-29-31-44(32-30-38)59(43-21-11-4-12-22-43)45-33-34-46-48(36-50-47-23-13-14-24-51(47)60-52(50)49(46)35-45)39-25-27-42(28-26-39)55-57-53(40-17-7-2-8-18-40)56-54(58-55)41-19-9-3-10-20-41/h1-36H. The van der Waals surface area contributed by atoms with Crippen molar-refractivity contribution in [2.24, 2.45) is 0 Å². The van der Waals surface area contributed by atoms with Crippen LogP contribution < -0.4 is 4.90 Å². The van der Waals surface area contributed by atoms with E-state index in [9.17, 15) is 0 Å². The van der Waals surface area contributed by atoms with Crippen LogP contribution in [-0.4, -0.2) is 15.0 Å². The third kappa shape index (κ3) is 6.45. The second kappa shape index (κ2) is 15.0. The first-order chi connectivity index (χ1) is 29.7. The Kier molecular flexibility index (Phi) is 8.75. The van der Waals surface area contributed by atoms with Crippen LogP contribution in [0, 0.1) is 0 Å². The SMILES string of the molecule is c1ccc(-c2ccc(N(c3ccccc3)c3ccc4c(-c5ccc(-c6nc(-c7ccccc7)nc(-c7ccccc7)n6)cc5)cc5c6ccccc6oc5c4c3)cc2)cc1. The van der Waals surface area contributed by atoms with Crippen molar-refractivity contribution in [3.8, 4) is 56.4 Å². The molecule has 11 aromatic rings. The Morgan fingerprint density at radius 3 is 1.35 bits per heavy atom. The molecule has 0 atom stereocenters. The van der Waals surface area contributed by atoms with Crippen molar-refractivity contribution < 1.29 is 4.42 Å². The molecule has 0 fully saturated rings. The summed E-state index contributed by atoms with van der Waals surface area (Å²) in [5.74, 6) is 1.90. The van der Waals surface area contributed by atoms with Crippen LogP contribution in [0.5, 0.6) is 0 Å². The number of rotatable bonds is 8. The Morgan fingerprint density at radius 2 is 0.733 bits per heavy atom. The van der Waals surface area contributed by atoms with E-state index in [1.165, 1.54) is 11.1 Å². The molecule has 0 bridgehead atoms. The summed E-state index contributed by atoms with van der Waals surface area (Å²) in [6.45, 7) is 0. The van der Waals surface area contributed by atoms with E-state index in [0.717, 1.165) is 77.6 Å². The van der Waals surface area contributed by atoms with Crippen LogP contribution in [0.4, 0.5) is 17.1 Å². The third-order valence-corrected chi connectivity index (χ3v) is 11.1. The molecule has 11 rings (SSSR count). The molecule has 0 saturated carbocycles. The van der Waals surface area contributed by atoms with Crippen LogP contribution in [-0.2, 0) is 0 Å². The maximum absolute atomic E-state index is 6.70. The number of para-hydroxylation sites is 2. The van der Waals surface area contributed by atoms with Crippen molar-refractivity contribution in [2.45, 2.75) is 0 Å². The molecule has 0 N–H and O–H groups in total. The molecule has 0 aliphatic carbocycles. The van der Waals surface area contributed by atoms with Gasteiger partial charge in [0.05, 0.1) is 0 Å². The first-order valence-corrected chi connectivity index (χ1v) is 20.1. The molecular formula is C55H36N4O. The summed E-state index contributed by atoms with van der Waals surface area (Å²) in [5, 5.41) is 4.30. The number of benzene rings is 9. The number of nitrogens with zero attached hydrogens (tertiary/aromatic N) is 4. The molecular weight excluding hydrogens is 733 g/mol. The summed E-state index contributed by atoms with van der Waals surface area (Å²) in [6, 6.07) is 75.9. The molecule has 9 aromatic carbocycles. The van der Waals surface area contributed by atoms with Crippen LogP contribution in [0.2, 0.25) is 0 Å². The summed E-state index contributed by atoms with van der Waals surface area (Å²) in [5.41, 5.74) is 12.3. The van der Waals surface area contributed by atoms with Gasteiger partial charge in [-0.25, -0.2) is 15.0 Å². The maximum Gasteiger partial charge on any atom is 0.164 e. The topological polar surface area (TPSA) is 55.1 Å². The molecule has 2 heterocycles. The van der Waals surface area contributed by atoms with Crippen LogP contribution in [0.25, 0.3) is 89.1 Å². The highest BCUT2D eigenvalue weighted by molar-refractivity contribution is 6.19. The lowest BCUT2D eigenvalue weighted by Gasteiger charge is -2.26. The Hall–Kier alpha value is -8.15. The first kappa shape index (κ1) is 35.0. The number of anilines is 3. The molecule has 0 saturated heterocycles. The maximum atomic E-state index is 6.70. The van der Waals surface area contributed by atoms with Crippen molar-refractivity contribution >= 4 is 49.8 Å². The fourth-order valence-electron chi connectivity index (χ4n) is 8.16. The second-order valence-electron chi connectivity index (χ2n) is 14.8. The van der Waals surface area contributed by atoms with Gasteiger partial charge in [-0.15, -0.1) is 0 Å². The van der Waals surface area contributed by atoms with Crippen molar-refractivity contribution in [1.82, 2.24) is 15.0 Å².